The summed E-state index contributed by atoms with van der Waals surface area (Å²) >= 11 is 1.35. The zero-order valence-corrected chi connectivity index (χ0v) is 20.4. The first-order valence-electron chi connectivity index (χ1n) is 11.5. The predicted molar refractivity (Wildman–Crippen MR) is 135 cm³/mol. The molecule has 6 nitrogen and oxygen atoms in total. The predicted octanol–water partition coefficient (Wildman–Crippen LogP) is 3.32. The smallest absolute Gasteiger partial charge is 0.338 e. The zero-order chi connectivity index (χ0) is 23.8. The third kappa shape index (κ3) is 3.90. The fourth-order valence-electron chi connectivity index (χ4n) is 4.78. The van der Waals surface area contributed by atoms with Gasteiger partial charge >= 0.3 is 5.97 Å². The number of nitrogens with zero attached hydrogens (tertiary/aromatic N) is 3. The lowest BCUT2D eigenvalue weighted by atomic mass is 9.96. The third-order valence-corrected chi connectivity index (χ3v) is 7.54. The van der Waals surface area contributed by atoms with Crippen LogP contribution in [-0.4, -0.2) is 30.7 Å². The normalized spacial score (nSPS) is 18.1. The molecule has 0 radical (unpaired) electrons. The largest absolute Gasteiger partial charge is 0.466 e. The van der Waals surface area contributed by atoms with Crippen molar-refractivity contribution in [3.05, 3.63) is 96.2 Å². The molecule has 0 N–H and O–H groups in total. The second kappa shape index (κ2) is 9.06. The molecular weight excluding hydrogens is 446 g/mol. The minimum absolute atomic E-state index is 0.158. The molecule has 0 amide bonds. The number of benzene rings is 2. The summed E-state index contributed by atoms with van der Waals surface area (Å²) in [6.45, 7) is 6.06. The number of fused-ring (bicyclic) bond motifs is 1. The van der Waals surface area contributed by atoms with Crippen LogP contribution in [-0.2, 0) is 9.53 Å². The lowest BCUT2D eigenvalue weighted by molar-refractivity contribution is -0.136. The minimum atomic E-state index is -0.578. The summed E-state index contributed by atoms with van der Waals surface area (Å²) in [5, 5.41) is 0. The van der Waals surface area contributed by atoms with Crippen molar-refractivity contribution in [3.63, 3.8) is 0 Å². The van der Waals surface area contributed by atoms with E-state index < -0.39 is 12.0 Å². The molecule has 174 valence electrons. The number of esters is 1. The number of aromatic nitrogens is 1. The zero-order valence-electron chi connectivity index (χ0n) is 19.6. The van der Waals surface area contributed by atoms with Crippen LogP contribution in [0.1, 0.15) is 42.5 Å². The van der Waals surface area contributed by atoms with E-state index in [0.29, 0.717) is 20.6 Å². The number of hydrogen-bond donors (Lipinski definition) is 0. The summed E-state index contributed by atoms with van der Waals surface area (Å²) in [4.78, 5) is 34.0. The van der Waals surface area contributed by atoms with Gasteiger partial charge in [-0.15, -0.1) is 0 Å². The lowest BCUT2D eigenvalue weighted by Crippen LogP contribution is -2.39. The number of thiazole rings is 1. The number of carbonyl (C=O) groups excluding carboxylic acids is 1. The van der Waals surface area contributed by atoms with Gasteiger partial charge in [0.15, 0.2) is 4.80 Å². The molecule has 7 heteroatoms. The van der Waals surface area contributed by atoms with Crippen LogP contribution in [0, 0.1) is 6.92 Å². The fourth-order valence-corrected chi connectivity index (χ4v) is 5.82. The van der Waals surface area contributed by atoms with E-state index in [1.54, 1.807) is 11.5 Å². The summed E-state index contributed by atoms with van der Waals surface area (Å²) in [6.07, 6.45) is 4.40. The highest BCUT2D eigenvalue weighted by Gasteiger charge is 2.32. The molecule has 0 saturated carbocycles. The molecule has 0 aliphatic carbocycles. The molecule has 1 aromatic heterocycles. The van der Waals surface area contributed by atoms with Crippen LogP contribution >= 0.6 is 11.3 Å². The van der Waals surface area contributed by atoms with Gasteiger partial charge in [-0.1, -0.05) is 47.7 Å². The van der Waals surface area contributed by atoms with Crippen LogP contribution in [0.3, 0.4) is 0 Å². The third-order valence-electron chi connectivity index (χ3n) is 6.55. The maximum absolute atomic E-state index is 13.7. The molecule has 3 heterocycles. The number of methoxy groups -OCH3 is 1. The van der Waals surface area contributed by atoms with Crippen molar-refractivity contribution >= 4 is 29.1 Å². The van der Waals surface area contributed by atoms with Gasteiger partial charge in [-0.25, -0.2) is 9.79 Å². The van der Waals surface area contributed by atoms with Crippen LogP contribution in [0.25, 0.3) is 6.08 Å². The van der Waals surface area contributed by atoms with Crippen LogP contribution in [0.5, 0.6) is 0 Å². The fraction of sp³-hybridized carbons (Fsp3) is 0.296. The number of ether oxygens (including phenoxy) is 1. The van der Waals surface area contributed by atoms with Crippen molar-refractivity contribution < 1.29 is 9.53 Å². The van der Waals surface area contributed by atoms with Gasteiger partial charge in [-0.2, -0.15) is 0 Å². The second-order valence-corrected chi connectivity index (χ2v) is 9.73. The molecule has 5 rings (SSSR count). The molecule has 1 saturated heterocycles. The van der Waals surface area contributed by atoms with E-state index in [4.69, 9.17) is 4.74 Å². The van der Waals surface area contributed by atoms with Crippen molar-refractivity contribution in [3.8, 4) is 0 Å². The second-order valence-electron chi connectivity index (χ2n) is 8.72. The van der Waals surface area contributed by atoms with Crippen LogP contribution in [0.15, 0.2) is 69.6 Å². The molecule has 3 aromatic rings. The highest BCUT2D eigenvalue weighted by molar-refractivity contribution is 7.07. The molecule has 0 bridgehead atoms. The Morgan fingerprint density at radius 3 is 2.53 bits per heavy atom. The Bertz CT molecular complexity index is 1460. The lowest BCUT2D eigenvalue weighted by Gasteiger charge is -2.24. The summed E-state index contributed by atoms with van der Waals surface area (Å²) < 4.78 is 7.27. The Balaban J connectivity index is 1.64. The SMILES string of the molecule is COC(=O)C1=C(C)N=c2sc(=Cc3ccc(N4CCCC4)cc3C)c(=O)n2C1c1ccccc1. The van der Waals surface area contributed by atoms with Gasteiger partial charge in [-0.05, 0) is 61.6 Å². The van der Waals surface area contributed by atoms with Gasteiger partial charge in [0.05, 0.1) is 29.0 Å². The number of rotatable bonds is 4. The Kier molecular flexibility index (Phi) is 5.96. The van der Waals surface area contributed by atoms with Crippen LogP contribution in [0.2, 0.25) is 0 Å². The van der Waals surface area contributed by atoms with Gasteiger partial charge in [0.1, 0.15) is 0 Å². The van der Waals surface area contributed by atoms with E-state index in [0.717, 1.165) is 29.8 Å². The van der Waals surface area contributed by atoms with Gasteiger partial charge in [0.25, 0.3) is 5.56 Å². The highest BCUT2D eigenvalue weighted by atomic mass is 32.1. The van der Waals surface area contributed by atoms with Gasteiger partial charge < -0.3 is 9.64 Å². The average molecular weight is 474 g/mol. The van der Waals surface area contributed by atoms with Crippen molar-refractivity contribution in [1.82, 2.24) is 4.57 Å². The first-order chi connectivity index (χ1) is 16.5. The van der Waals surface area contributed by atoms with Gasteiger partial charge in [0.2, 0.25) is 0 Å². The molecule has 2 aliphatic rings. The summed E-state index contributed by atoms with van der Waals surface area (Å²) in [5.74, 6) is -0.474. The maximum atomic E-state index is 13.7. The van der Waals surface area contributed by atoms with E-state index in [1.807, 2.05) is 36.4 Å². The Morgan fingerprint density at radius 2 is 1.85 bits per heavy atom. The molecular formula is C27H27N3O3S. The molecule has 1 fully saturated rings. The quantitative estimate of drug-likeness (QED) is 0.546. The van der Waals surface area contributed by atoms with E-state index in [1.165, 1.54) is 37.0 Å². The number of allylic oxidation sites excluding steroid dienone is 1. The molecule has 2 aromatic carbocycles. The summed E-state index contributed by atoms with van der Waals surface area (Å²) in [5.41, 5.74) is 5.01. The molecule has 1 atom stereocenters. The Labute approximate surface area is 202 Å². The monoisotopic (exact) mass is 473 g/mol. The number of hydrogen-bond acceptors (Lipinski definition) is 6. The van der Waals surface area contributed by atoms with Gasteiger partial charge in [0, 0.05) is 18.8 Å². The van der Waals surface area contributed by atoms with Crippen molar-refractivity contribution in [1.29, 1.82) is 0 Å². The van der Waals surface area contributed by atoms with E-state index in [2.05, 4.69) is 35.0 Å². The topological polar surface area (TPSA) is 63.9 Å². The summed E-state index contributed by atoms with van der Waals surface area (Å²) in [6, 6.07) is 15.4. The highest BCUT2D eigenvalue weighted by Crippen LogP contribution is 2.30. The summed E-state index contributed by atoms with van der Waals surface area (Å²) in [7, 11) is 1.35. The van der Waals surface area contributed by atoms with Gasteiger partial charge in [-0.3, -0.25) is 9.36 Å². The first-order valence-corrected chi connectivity index (χ1v) is 12.3. The first kappa shape index (κ1) is 22.3. The number of anilines is 1. The van der Waals surface area contributed by atoms with Crippen molar-refractivity contribution in [2.45, 2.75) is 32.7 Å². The molecule has 34 heavy (non-hydrogen) atoms. The van der Waals surface area contributed by atoms with Crippen LogP contribution < -0.4 is 19.8 Å². The van der Waals surface area contributed by atoms with Crippen molar-refractivity contribution in [2.24, 2.45) is 4.99 Å². The minimum Gasteiger partial charge on any atom is -0.466 e. The Hall–Kier alpha value is -3.45. The van der Waals surface area contributed by atoms with E-state index in [-0.39, 0.29) is 5.56 Å². The maximum Gasteiger partial charge on any atom is 0.338 e. The van der Waals surface area contributed by atoms with E-state index in [9.17, 15) is 9.59 Å². The number of carbonyl (C=O) groups is 1. The van der Waals surface area contributed by atoms with E-state index >= 15 is 0 Å². The average Bonchev–Trinajstić information content (AvgIpc) is 3.48. The van der Waals surface area contributed by atoms with Crippen LogP contribution in [0.4, 0.5) is 5.69 Å². The number of aryl methyl sites for hydroxylation is 1. The molecule has 2 aliphatic heterocycles. The molecule has 1 unspecified atom stereocenters. The molecule has 0 spiro atoms. The van der Waals surface area contributed by atoms with Crippen molar-refractivity contribution in [2.75, 3.05) is 25.1 Å². The Morgan fingerprint density at radius 1 is 1.12 bits per heavy atom. The standard InChI is InChI=1S/C27H27N3O3S/c1-17-15-21(29-13-7-8-14-29)12-11-20(17)16-22-25(31)30-24(19-9-5-4-6-10-19)23(26(32)33-3)18(2)28-27(30)34-22/h4-6,9-12,15-16,24H,7-8,13-14H2,1-3H3.